The molecule has 12 rings (SSSR count). The van der Waals surface area contributed by atoms with Gasteiger partial charge < -0.3 is 9.80 Å². The highest BCUT2D eigenvalue weighted by molar-refractivity contribution is 7.26. The molecule has 0 fully saturated rings. The third-order valence-corrected chi connectivity index (χ3v) is 14.4. The van der Waals surface area contributed by atoms with Gasteiger partial charge in [0.2, 0.25) is 0 Å². The second-order valence-electron chi connectivity index (χ2n) is 15.5. The van der Waals surface area contributed by atoms with Crippen molar-refractivity contribution in [3.05, 3.63) is 193 Å². The average Bonchev–Trinajstić information content (AvgIpc) is 3.85. The van der Waals surface area contributed by atoms with Gasteiger partial charge in [0.25, 0.3) is 0 Å². The molecule has 2 aromatic heterocycles. The molecular weight excluding hydrogens is 741 g/mol. The van der Waals surface area contributed by atoms with E-state index in [0.717, 1.165) is 37.1 Å². The molecule has 0 bridgehead atoms. The summed E-state index contributed by atoms with van der Waals surface area (Å²) in [6.07, 6.45) is 15.7. The van der Waals surface area contributed by atoms with Crippen molar-refractivity contribution in [1.82, 2.24) is 0 Å². The zero-order chi connectivity index (χ0) is 38.2. The molecule has 10 aromatic rings. The van der Waals surface area contributed by atoms with Crippen LogP contribution in [0, 0.1) is 0 Å². The molecule has 2 heterocycles. The monoisotopic (exact) mass is 778 g/mol. The number of fused-ring (bicyclic) bond motifs is 11. The van der Waals surface area contributed by atoms with Crippen molar-refractivity contribution < 1.29 is 0 Å². The number of para-hydroxylation sites is 1. The number of nitrogens with zero attached hydrogens (tertiary/aromatic N) is 2. The molecule has 0 saturated carbocycles. The first-order valence-electron chi connectivity index (χ1n) is 20.3. The number of allylic oxidation sites excluding steroid dienone is 5. The van der Waals surface area contributed by atoms with Crippen molar-refractivity contribution in [1.29, 1.82) is 0 Å². The van der Waals surface area contributed by atoms with Crippen LogP contribution < -0.4 is 9.80 Å². The van der Waals surface area contributed by atoms with Gasteiger partial charge in [-0.25, -0.2) is 0 Å². The lowest BCUT2D eigenvalue weighted by Crippen LogP contribution is -2.20. The minimum atomic E-state index is 0.993. The molecule has 4 heteroatoms. The van der Waals surface area contributed by atoms with E-state index in [2.05, 4.69) is 192 Å². The van der Waals surface area contributed by atoms with Crippen LogP contribution in [0.1, 0.15) is 30.4 Å². The maximum atomic E-state index is 2.59. The fourth-order valence-corrected chi connectivity index (χ4v) is 11.7. The summed E-state index contributed by atoms with van der Waals surface area (Å²) in [5, 5.41) is 10.3. The molecule has 2 aliphatic carbocycles. The number of benzene rings is 8. The number of hydrogen-bond donors (Lipinski definition) is 0. The summed E-state index contributed by atoms with van der Waals surface area (Å²) >= 11 is 3.75. The Balaban J connectivity index is 1.12. The highest BCUT2D eigenvalue weighted by Gasteiger charge is 2.26. The van der Waals surface area contributed by atoms with E-state index in [4.69, 9.17) is 0 Å². The van der Waals surface area contributed by atoms with Crippen LogP contribution in [0.5, 0.6) is 0 Å². The van der Waals surface area contributed by atoms with Crippen molar-refractivity contribution in [2.24, 2.45) is 0 Å². The Hall–Kier alpha value is -6.46. The summed E-state index contributed by atoms with van der Waals surface area (Å²) in [7, 11) is 0. The Bertz CT molecular complexity index is 3360. The Labute approximate surface area is 345 Å². The van der Waals surface area contributed by atoms with Gasteiger partial charge in [-0.3, -0.25) is 0 Å². The number of anilines is 5. The van der Waals surface area contributed by atoms with E-state index < -0.39 is 0 Å². The first-order chi connectivity index (χ1) is 28.8. The molecule has 276 valence electrons. The molecular formula is C54H38N2S2. The molecule has 0 saturated heterocycles. The fourth-order valence-electron chi connectivity index (χ4n) is 9.49. The standard InChI is InChI=1S/C54H38N2S2/c1-3-15-35(16-4-1)55(37-27-29-53-47(31-37)43-23-11-13-25-51(43)57-53)49-33-45-40-20-8-10-22-42(40)50(34-46(45)39-19-7-9-21-41(39)49)56(36-17-5-2-6-18-36)38-28-30-54-48(32-38)44-24-12-14-26-52(44)58-54/h1-5,7-9,11-17,19-21,23-34H,6,10,18,22H2. The average molecular weight is 779 g/mol. The summed E-state index contributed by atoms with van der Waals surface area (Å²) in [4.78, 5) is 5.07. The molecule has 0 aliphatic heterocycles. The van der Waals surface area contributed by atoms with E-state index in [9.17, 15) is 0 Å². The number of hydrogen-bond acceptors (Lipinski definition) is 4. The van der Waals surface area contributed by atoms with Gasteiger partial charge in [-0.05, 0) is 132 Å². The lowest BCUT2D eigenvalue weighted by atomic mass is 9.87. The highest BCUT2D eigenvalue weighted by atomic mass is 32.1. The van der Waals surface area contributed by atoms with Gasteiger partial charge in [-0.2, -0.15) is 0 Å². The van der Waals surface area contributed by atoms with Gasteiger partial charge in [0.1, 0.15) is 0 Å². The van der Waals surface area contributed by atoms with Crippen LogP contribution in [0.25, 0.3) is 68.0 Å². The summed E-state index contributed by atoms with van der Waals surface area (Å²) < 4.78 is 5.31. The summed E-state index contributed by atoms with van der Waals surface area (Å²) in [5.74, 6) is 0. The SMILES string of the molecule is C1=CCCC(N(c2ccc3sc4ccccc4c3c2)c2cc3c(cc(N(c4ccccc4)c4ccc5sc6ccccc6c5c4)c4ccccc43)c3c2CCC=C3)=C1. The summed E-state index contributed by atoms with van der Waals surface area (Å²) in [6.45, 7) is 0. The predicted molar refractivity (Wildman–Crippen MR) is 254 cm³/mol. The minimum Gasteiger partial charge on any atom is -0.314 e. The Morgan fingerprint density at radius 1 is 0.397 bits per heavy atom. The molecule has 2 aliphatic rings. The molecule has 0 unspecified atom stereocenters. The van der Waals surface area contributed by atoms with Crippen molar-refractivity contribution >= 4 is 119 Å². The van der Waals surface area contributed by atoms with Crippen LogP contribution in [0.3, 0.4) is 0 Å². The van der Waals surface area contributed by atoms with Crippen LogP contribution in [-0.4, -0.2) is 0 Å². The van der Waals surface area contributed by atoms with Gasteiger partial charge in [0.15, 0.2) is 0 Å². The van der Waals surface area contributed by atoms with Crippen LogP contribution >= 0.6 is 22.7 Å². The lowest BCUT2D eigenvalue weighted by molar-refractivity contribution is 0.906. The minimum absolute atomic E-state index is 0.993. The quantitative estimate of drug-likeness (QED) is 0.155. The van der Waals surface area contributed by atoms with E-state index in [1.807, 2.05) is 22.7 Å². The fraction of sp³-hybridized carbons (Fsp3) is 0.0741. The highest BCUT2D eigenvalue weighted by Crippen LogP contribution is 2.49. The molecule has 8 aromatic carbocycles. The molecule has 0 N–H and O–H groups in total. The van der Waals surface area contributed by atoms with Crippen molar-refractivity contribution in [3.8, 4) is 0 Å². The predicted octanol–water partition coefficient (Wildman–Crippen LogP) is 16.5. The largest absolute Gasteiger partial charge is 0.314 e. The third kappa shape index (κ3) is 5.36. The van der Waals surface area contributed by atoms with Crippen molar-refractivity contribution in [3.63, 3.8) is 0 Å². The Morgan fingerprint density at radius 3 is 1.67 bits per heavy atom. The maximum Gasteiger partial charge on any atom is 0.0546 e. The van der Waals surface area contributed by atoms with Crippen molar-refractivity contribution in [2.75, 3.05) is 9.80 Å². The molecule has 0 amide bonds. The van der Waals surface area contributed by atoms with Crippen LogP contribution in [-0.2, 0) is 6.42 Å². The third-order valence-electron chi connectivity index (χ3n) is 12.1. The Morgan fingerprint density at radius 2 is 0.983 bits per heavy atom. The van der Waals surface area contributed by atoms with E-state index in [0.29, 0.717) is 0 Å². The second kappa shape index (κ2) is 13.6. The van der Waals surface area contributed by atoms with Crippen molar-refractivity contribution in [2.45, 2.75) is 25.7 Å². The van der Waals surface area contributed by atoms with E-state index in [1.165, 1.54) is 95.8 Å². The van der Waals surface area contributed by atoms with Gasteiger partial charge in [0.05, 0.1) is 11.4 Å². The topological polar surface area (TPSA) is 6.48 Å². The molecule has 2 nitrogen and oxygen atoms in total. The number of thiophene rings is 2. The lowest BCUT2D eigenvalue weighted by Gasteiger charge is -2.33. The van der Waals surface area contributed by atoms with Crippen LogP contribution in [0.15, 0.2) is 182 Å². The van der Waals surface area contributed by atoms with Gasteiger partial charge in [-0.1, -0.05) is 103 Å². The van der Waals surface area contributed by atoms with E-state index in [1.54, 1.807) is 0 Å². The molecule has 58 heavy (non-hydrogen) atoms. The first-order valence-corrected chi connectivity index (χ1v) is 21.9. The second-order valence-corrected chi connectivity index (χ2v) is 17.6. The first kappa shape index (κ1) is 33.7. The van der Waals surface area contributed by atoms with E-state index in [-0.39, 0.29) is 0 Å². The maximum absolute atomic E-state index is 2.59. The summed E-state index contributed by atoms with van der Waals surface area (Å²) in [5.41, 5.74) is 10.1. The zero-order valence-electron chi connectivity index (χ0n) is 31.9. The molecule has 0 radical (unpaired) electrons. The van der Waals surface area contributed by atoms with Gasteiger partial charge in [0, 0.05) is 68.5 Å². The normalized spacial score (nSPS) is 13.9. The smallest absolute Gasteiger partial charge is 0.0546 e. The Kier molecular flexibility index (Phi) is 7.89. The number of rotatable bonds is 6. The molecule has 0 spiro atoms. The summed E-state index contributed by atoms with van der Waals surface area (Å²) in [6, 6.07) is 56.7. The van der Waals surface area contributed by atoms with Crippen LogP contribution in [0.2, 0.25) is 0 Å². The van der Waals surface area contributed by atoms with Crippen LogP contribution in [0.4, 0.5) is 28.4 Å². The zero-order valence-corrected chi connectivity index (χ0v) is 33.5. The molecule has 0 atom stereocenters. The van der Waals surface area contributed by atoms with Gasteiger partial charge >= 0.3 is 0 Å². The van der Waals surface area contributed by atoms with Gasteiger partial charge in [-0.15, -0.1) is 22.7 Å². The van der Waals surface area contributed by atoms with E-state index >= 15 is 0 Å².